The van der Waals surface area contributed by atoms with E-state index in [9.17, 15) is 4.79 Å². The predicted octanol–water partition coefficient (Wildman–Crippen LogP) is 3.67. The molecule has 120 valence electrons. The van der Waals surface area contributed by atoms with Crippen molar-refractivity contribution in [1.29, 1.82) is 0 Å². The lowest BCUT2D eigenvalue weighted by Gasteiger charge is -2.27. The Bertz CT molecular complexity index is 654. The number of anilines is 1. The summed E-state index contributed by atoms with van der Waals surface area (Å²) < 4.78 is 5.24. The number of rotatable bonds is 4. The van der Waals surface area contributed by atoms with Crippen LogP contribution in [0.4, 0.5) is 5.69 Å². The van der Waals surface area contributed by atoms with Crippen LogP contribution in [-0.2, 0) is 14.4 Å². The van der Waals surface area contributed by atoms with Gasteiger partial charge in [-0.3, -0.25) is 9.63 Å². The predicted molar refractivity (Wildman–Crippen MR) is 88.9 cm³/mol. The van der Waals surface area contributed by atoms with E-state index in [0.29, 0.717) is 13.2 Å². The molecule has 4 nitrogen and oxygen atoms in total. The fourth-order valence-electron chi connectivity index (χ4n) is 2.89. The van der Waals surface area contributed by atoms with Gasteiger partial charge in [-0.2, -0.15) is 0 Å². The van der Waals surface area contributed by atoms with E-state index < -0.39 is 0 Å². The second-order valence-electron chi connectivity index (χ2n) is 5.67. The van der Waals surface area contributed by atoms with Gasteiger partial charge in [0.25, 0.3) is 0 Å². The second kappa shape index (κ2) is 6.84. The van der Waals surface area contributed by atoms with Crippen LogP contribution in [0.2, 0.25) is 0 Å². The normalized spacial score (nSPS) is 20.5. The SMILES string of the molecule is CCOC(=O)[C@@H]1CON(c2ccc(C)cc2)[C@H]1c1ccccc1. The van der Waals surface area contributed by atoms with Gasteiger partial charge in [-0.25, -0.2) is 5.06 Å². The van der Waals surface area contributed by atoms with Gasteiger partial charge in [0.2, 0.25) is 0 Å². The van der Waals surface area contributed by atoms with Crippen LogP contribution in [0.25, 0.3) is 0 Å². The molecule has 0 bridgehead atoms. The lowest BCUT2D eigenvalue weighted by Crippen LogP contribution is -2.29. The summed E-state index contributed by atoms with van der Waals surface area (Å²) >= 11 is 0. The lowest BCUT2D eigenvalue weighted by atomic mass is 9.94. The van der Waals surface area contributed by atoms with E-state index in [1.807, 2.05) is 73.5 Å². The summed E-state index contributed by atoms with van der Waals surface area (Å²) in [5.41, 5.74) is 3.17. The molecule has 1 saturated heterocycles. The number of hydroxylamine groups is 1. The molecule has 1 aliphatic heterocycles. The molecule has 1 fully saturated rings. The highest BCUT2D eigenvalue weighted by Gasteiger charge is 2.42. The van der Waals surface area contributed by atoms with Crippen molar-refractivity contribution in [2.75, 3.05) is 18.3 Å². The van der Waals surface area contributed by atoms with Crippen LogP contribution in [0.5, 0.6) is 0 Å². The topological polar surface area (TPSA) is 38.8 Å². The Kier molecular flexibility index (Phi) is 4.63. The van der Waals surface area contributed by atoms with Crippen molar-refractivity contribution in [3.05, 3.63) is 65.7 Å². The molecule has 0 unspecified atom stereocenters. The molecular weight excluding hydrogens is 290 g/mol. The Labute approximate surface area is 136 Å². The third-order valence-corrected chi connectivity index (χ3v) is 4.05. The van der Waals surface area contributed by atoms with Crippen LogP contribution in [0, 0.1) is 12.8 Å². The van der Waals surface area contributed by atoms with Crippen molar-refractivity contribution in [3.63, 3.8) is 0 Å². The molecule has 2 aromatic carbocycles. The van der Waals surface area contributed by atoms with Gasteiger partial charge in [-0.05, 0) is 31.5 Å². The Morgan fingerprint density at radius 2 is 1.87 bits per heavy atom. The molecule has 23 heavy (non-hydrogen) atoms. The molecule has 0 aliphatic carbocycles. The molecule has 0 aromatic heterocycles. The minimum atomic E-state index is -0.335. The first-order chi connectivity index (χ1) is 11.2. The van der Waals surface area contributed by atoms with Crippen molar-refractivity contribution in [2.45, 2.75) is 19.9 Å². The number of esters is 1. The maximum Gasteiger partial charge on any atom is 0.313 e. The number of hydrogen-bond donors (Lipinski definition) is 0. The van der Waals surface area contributed by atoms with E-state index >= 15 is 0 Å². The first kappa shape index (κ1) is 15.6. The van der Waals surface area contributed by atoms with Crippen LogP contribution >= 0.6 is 0 Å². The van der Waals surface area contributed by atoms with Crippen molar-refractivity contribution in [3.8, 4) is 0 Å². The van der Waals surface area contributed by atoms with Gasteiger partial charge >= 0.3 is 5.97 Å². The Morgan fingerprint density at radius 3 is 2.52 bits per heavy atom. The molecule has 0 amide bonds. The molecule has 4 heteroatoms. The highest BCUT2D eigenvalue weighted by Crippen LogP contribution is 2.39. The van der Waals surface area contributed by atoms with Crippen LogP contribution in [0.15, 0.2) is 54.6 Å². The van der Waals surface area contributed by atoms with E-state index in [0.717, 1.165) is 11.3 Å². The summed E-state index contributed by atoms with van der Waals surface area (Å²) in [6.07, 6.45) is 0. The zero-order valence-corrected chi connectivity index (χ0v) is 13.4. The number of carbonyl (C=O) groups is 1. The third kappa shape index (κ3) is 3.22. The molecule has 1 aliphatic rings. The maximum absolute atomic E-state index is 12.3. The monoisotopic (exact) mass is 311 g/mol. The first-order valence-electron chi connectivity index (χ1n) is 7.91. The van der Waals surface area contributed by atoms with Crippen molar-refractivity contribution < 1.29 is 14.4 Å². The van der Waals surface area contributed by atoms with E-state index in [-0.39, 0.29) is 17.9 Å². The lowest BCUT2D eigenvalue weighted by molar-refractivity contribution is -0.148. The Hall–Kier alpha value is -2.33. The van der Waals surface area contributed by atoms with Gasteiger partial charge in [-0.1, -0.05) is 48.0 Å². The smallest absolute Gasteiger partial charge is 0.313 e. The molecular formula is C19H21NO3. The Balaban J connectivity index is 1.95. The minimum Gasteiger partial charge on any atom is -0.466 e. The first-order valence-corrected chi connectivity index (χ1v) is 7.91. The summed E-state index contributed by atoms with van der Waals surface area (Å²) in [7, 11) is 0. The molecule has 0 saturated carbocycles. The molecule has 0 spiro atoms. The summed E-state index contributed by atoms with van der Waals surface area (Å²) in [4.78, 5) is 18.2. The fraction of sp³-hybridized carbons (Fsp3) is 0.316. The average Bonchev–Trinajstić information content (AvgIpc) is 3.01. The minimum absolute atomic E-state index is 0.182. The zero-order valence-electron chi connectivity index (χ0n) is 13.4. The Morgan fingerprint density at radius 1 is 1.17 bits per heavy atom. The number of carbonyl (C=O) groups excluding carboxylic acids is 1. The van der Waals surface area contributed by atoms with E-state index in [1.165, 1.54) is 5.56 Å². The number of nitrogens with zero attached hydrogens (tertiary/aromatic N) is 1. The van der Waals surface area contributed by atoms with E-state index in [2.05, 4.69) is 0 Å². The number of hydrogen-bond acceptors (Lipinski definition) is 4. The number of ether oxygens (including phenoxy) is 1. The van der Waals surface area contributed by atoms with Gasteiger partial charge in [0.1, 0.15) is 5.92 Å². The summed E-state index contributed by atoms with van der Waals surface area (Å²) in [5, 5.41) is 1.83. The van der Waals surface area contributed by atoms with Crippen molar-refractivity contribution >= 4 is 11.7 Å². The summed E-state index contributed by atoms with van der Waals surface area (Å²) in [5.74, 6) is -0.547. The van der Waals surface area contributed by atoms with E-state index in [4.69, 9.17) is 9.57 Å². The number of aryl methyl sites for hydroxylation is 1. The fourth-order valence-corrected chi connectivity index (χ4v) is 2.89. The molecule has 1 heterocycles. The van der Waals surface area contributed by atoms with E-state index in [1.54, 1.807) is 0 Å². The maximum atomic E-state index is 12.3. The van der Waals surface area contributed by atoms with Crippen LogP contribution in [0.3, 0.4) is 0 Å². The molecule has 3 rings (SSSR count). The highest BCUT2D eigenvalue weighted by atomic mass is 16.7. The van der Waals surface area contributed by atoms with Crippen molar-refractivity contribution in [2.24, 2.45) is 5.92 Å². The second-order valence-corrected chi connectivity index (χ2v) is 5.67. The highest BCUT2D eigenvalue weighted by molar-refractivity contribution is 5.75. The molecule has 0 N–H and O–H groups in total. The zero-order chi connectivity index (χ0) is 16.2. The van der Waals surface area contributed by atoms with Gasteiger partial charge in [0, 0.05) is 0 Å². The standard InChI is InChI=1S/C19H21NO3/c1-3-22-19(21)17-13-23-20(16-11-9-14(2)10-12-16)18(17)15-7-5-4-6-8-15/h4-12,17-18H,3,13H2,1-2H3/t17-,18+/m1/s1. The molecule has 2 atom stereocenters. The quantitative estimate of drug-likeness (QED) is 0.808. The van der Waals surface area contributed by atoms with Gasteiger partial charge in [0.15, 0.2) is 0 Å². The third-order valence-electron chi connectivity index (χ3n) is 4.05. The van der Waals surface area contributed by atoms with Crippen molar-refractivity contribution in [1.82, 2.24) is 0 Å². The van der Waals surface area contributed by atoms with Gasteiger partial charge in [0.05, 0.1) is 24.9 Å². The summed E-state index contributed by atoms with van der Waals surface area (Å²) in [6, 6.07) is 17.9. The van der Waals surface area contributed by atoms with Crippen LogP contribution < -0.4 is 5.06 Å². The largest absolute Gasteiger partial charge is 0.466 e. The molecule has 2 aromatic rings. The van der Waals surface area contributed by atoms with Crippen LogP contribution in [0.1, 0.15) is 24.1 Å². The van der Waals surface area contributed by atoms with Gasteiger partial charge < -0.3 is 4.74 Å². The molecule has 0 radical (unpaired) electrons. The summed E-state index contributed by atoms with van der Waals surface area (Å²) in [6.45, 7) is 4.57. The van der Waals surface area contributed by atoms with Crippen LogP contribution in [-0.4, -0.2) is 19.2 Å². The number of benzene rings is 2. The average molecular weight is 311 g/mol. The van der Waals surface area contributed by atoms with Gasteiger partial charge in [-0.15, -0.1) is 0 Å².